The summed E-state index contributed by atoms with van der Waals surface area (Å²) in [6.45, 7) is 2.50. The predicted molar refractivity (Wildman–Crippen MR) is 100 cm³/mol. The maximum absolute atomic E-state index is 13.4. The minimum atomic E-state index is -0.837. The summed E-state index contributed by atoms with van der Waals surface area (Å²) < 4.78 is 6.11. The van der Waals surface area contributed by atoms with Gasteiger partial charge in [-0.1, -0.05) is 0 Å². The van der Waals surface area contributed by atoms with Crippen molar-refractivity contribution in [1.82, 2.24) is 14.7 Å². The Hall–Kier alpha value is -1.62. The van der Waals surface area contributed by atoms with Crippen LogP contribution in [0, 0.1) is 5.92 Å². The molecule has 2 bridgehead atoms. The lowest BCUT2D eigenvalue weighted by Crippen LogP contribution is -2.78. The molecule has 29 heavy (non-hydrogen) atoms. The first-order valence-electron chi connectivity index (χ1n) is 10.3. The summed E-state index contributed by atoms with van der Waals surface area (Å²) in [5.74, 6) is -0.403. The van der Waals surface area contributed by atoms with Gasteiger partial charge in [0, 0.05) is 47.3 Å². The number of aliphatic hydroxyl groups is 2. The largest absolute Gasteiger partial charge is 0.395 e. The molecule has 0 spiro atoms. The standard InChI is InChI=1S/C20H26N4O5/c1-7-13(21)18(27)11-10(6-25)24-16-14-8(5-9(19(24)28)22(14)2)20-23(3-4-29-20)15(16)12(11)17(7)26/h8-10,14-16,19-20,25,28H,3-6,21H2,1-2H3/t8-,9-,10-,14+,15+,16+,19-,20+/m1/s1. The van der Waals surface area contributed by atoms with Gasteiger partial charge in [-0.2, -0.15) is 0 Å². The van der Waals surface area contributed by atoms with E-state index in [9.17, 15) is 19.8 Å². The van der Waals surface area contributed by atoms with Crippen LogP contribution in [0.3, 0.4) is 0 Å². The zero-order valence-electron chi connectivity index (χ0n) is 16.5. The van der Waals surface area contributed by atoms with Gasteiger partial charge in [-0.15, -0.1) is 0 Å². The predicted octanol–water partition coefficient (Wildman–Crippen LogP) is -2.23. The summed E-state index contributed by atoms with van der Waals surface area (Å²) in [6.07, 6.45) is -0.185. The highest BCUT2D eigenvalue weighted by Gasteiger charge is 2.68. The molecule has 1 aliphatic carbocycles. The van der Waals surface area contributed by atoms with Gasteiger partial charge in [0.05, 0.1) is 31.0 Å². The molecule has 0 aromatic rings. The Kier molecular flexibility index (Phi) is 3.60. The van der Waals surface area contributed by atoms with Crippen LogP contribution in [0.4, 0.5) is 0 Å². The fraction of sp³-hybridized carbons (Fsp3) is 0.700. The number of ether oxygens (including phenoxy) is 1. The van der Waals surface area contributed by atoms with Crippen LogP contribution in [0.5, 0.6) is 0 Å². The first-order chi connectivity index (χ1) is 13.9. The van der Waals surface area contributed by atoms with Crippen molar-refractivity contribution in [3.8, 4) is 0 Å². The first kappa shape index (κ1) is 18.2. The maximum atomic E-state index is 13.4. The van der Waals surface area contributed by atoms with Gasteiger partial charge in [-0.05, 0) is 20.4 Å². The second kappa shape index (κ2) is 5.75. The summed E-state index contributed by atoms with van der Waals surface area (Å²) in [4.78, 5) is 32.9. The van der Waals surface area contributed by atoms with Crippen LogP contribution < -0.4 is 5.73 Å². The Morgan fingerprint density at radius 2 is 1.97 bits per heavy atom. The minimum Gasteiger partial charge on any atom is -0.395 e. The molecule has 5 aliphatic heterocycles. The summed E-state index contributed by atoms with van der Waals surface area (Å²) in [5.41, 5.74) is 6.92. The highest BCUT2D eigenvalue weighted by molar-refractivity contribution is 6.25. The van der Waals surface area contributed by atoms with Crippen molar-refractivity contribution in [1.29, 1.82) is 0 Å². The molecule has 156 valence electrons. The van der Waals surface area contributed by atoms with Crippen molar-refractivity contribution >= 4 is 11.6 Å². The monoisotopic (exact) mass is 402 g/mol. The van der Waals surface area contributed by atoms with Gasteiger partial charge in [0.2, 0.25) is 5.78 Å². The van der Waals surface area contributed by atoms with Crippen molar-refractivity contribution in [2.75, 3.05) is 26.8 Å². The zero-order chi connectivity index (χ0) is 20.4. The lowest BCUT2D eigenvalue weighted by molar-refractivity contribution is -0.187. The Balaban J connectivity index is 1.62. The number of ketones is 2. The average Bonchev–Trinajstić information content (AvgIpc) is 3.30. The molecule has 5 heterocycles. The Morgan fingerprint density at radius 1 is 1.21 bits per heavy atom. The first-order valence-corrected chi connectivity index (χ1v) is 10.3. The third kappa shape index (κ3) is 1.92. The number of rotatable bonds is 1. The van der Waals surface area contributed by atoms with Crippen LogP contribution in [0.2, 0.25) is 0 Å². The van der Waals surface area contributed by atoms with Crippen molar-refractivity contribution in [2.45, 2.75) is 56.0 Å². The van der Waals surface area contributed by atoms with E-state index < -0.39 is 18.1 Å². The molecule has 0 amide bonds. The average molecular weight is 402 g/mol. The number of carbonyl (C=O) groups is 2. The number of hydrogen-bond acceptors (Lipinski definition) is 9. The number of allylic oxidation sites excluding steroid dienone is 2. The quantitative estimate of drug-likeness (QED) is 0.419. The number of piperidine rings is 1. The molecule has 0 aromatic carbocycles. The second-order valence-corrected chi connectivity index (χ2v) is 9.14. The number of likely N-dealkylation sites (N-methyl/N-ethyl adjacent to an activating group) is 1. The van der Waals surface area contributed by atoms with Crippen LogP contribution >= 0.6 is 0 Å². The molecule has 0 radical (unpaired) electrons. The third-order valence-corrected chi connectivity index (χ3v) is 8.23. The lowest BCUT2D eigenvalue weighted by Gasteiger charge is -2.61. The van der Waals surface area contributed by atoms with Crippen molar-refractivity contribution in [2.24, 2.45) is 11.7 Å². The summed E-state index contributed by atoms with van der Waals surface area (Å²) in [7, 11) is 2.02. The van der Waals surface area contributed by atoms with E-state index in [4.69, 9.17) is 10.5 Å². The van der Waals surface area contributed by atoms with E-state index in [1.54, 1.807) is 6.92 Å². The van der Waals surface area contributed by atoms with Gasteiger partial charge < -0.3 is 20.7 Å². The molecule has 4 N–H and O–H groups in total. The Labute approximate surface area is 168 Å². The van der Waals surface area contributed by atoms with Gasteiger partial charge in [0.15, 0.2) is 5.78 Å². The van der Waals surface area contributed by atoms with Gasteiger partial charge in [0.25, 0.3) is 0 Å². The van der Waals surface area contributed by atoms with E-state index in [-0.39, 0.29) is 65.5 Å². The van der Waals surface area contributed by atoms with Gasteiger partial charge in [-0.25, -0.2) is 0 Å². The fourth-order valence-corrected chi connectivity index (χ4v) is 7.06. The molecule has 0 aromatic heterocycles. The smallest absolute Gasteiger partial charge is 0.207 e. The van der Waals surface area contributed by atoms with Gasteiger partial charge >= 0.3 is 0 Å². The van der Waals surface area contributed by atoms with E-state index in [0.29, 0.717) is 18.7 Å². The van der Waals surface area contributed by atoms with Gasteiger partial charge in [0.1, 0.15) is 12.5 Å². The molecule has 0 saturated carbocycles. The molecule has 4 fully saturated rings. The van der Waals surface area contributed by atoms with E-state index in [0.717, 1.165) is 6.42 Å². The summed E-state index contributed by atoms with van der Waals surface area (Å²) >= 11 is 0. The molecule has 9 nitrogen and oxygen atoms in total. The molecule has 8 atom stereocenters. The van der Waals surface area contributed by atoms with Crippen LogP contribution in [0.25, 0.3) is 0 Å². The molecule has 6 rings (SSSR count). The van der Waals surface area contributed by atoms with Crippen molar-refractivity contribution < 1.29 is 24.5 Å². The van der Waals surface area contributed by atoms with E-state index in [1.807, 2.05) is 11.9 Å². The summed E-state index contributed by atoms with van der Waals surface area (Å²) in [5, 5.41) is 21.6. The number of nitrogens with zero attached hydrogens (tertiary/aromatic N) is 3. The number of carbonyl (C=O) groups excluding carboxylic acids is 2. The maximum Gasteiger partial charge on any atom is 0.207 e. The molecular formula is C20H26N4O5. The minimum absolute atomic E-state index is 0.0554. The molecule has 0 unspecified atom stereocenters. The van der Waals surface area contributed by atoms with E-state index in [2.05, 4.69) is 9.80 Å². The van der Waals surface area contributed by atoms with Crippen LogP contribution in [0.1, 0.15) is 13.3 Å². The number of hydrogen-bond donors (Lipinski definition) is 3. The highest BCUT2D eigenvalue weighted by atomic mass is 16.5. The molecule has 4 saturated heterocycles. The highest BCUT2D eigenvalue weighted by Crippen LogP contribution is 2.54. The topological polar surface area (TPSA) is 120 Å². The Bertz CT molecular complexity index is 899. The normalized spacial score (nSPS) is 47.2. The summed E-state index contributed by atoms with van der Waals surface area (Å²) in [6, 6.07) is -1.32. The van der Waals surface area contributed by atoms with E-state index in [1.165, 1.54) is 0 Å². The van der Waals surface area contributed by atoms with E-state index >= 15 is 0 Å². The molecular weight excluding hydrogens is 376 g/mol. The molecule has 9 heteroatoms. The van der Waals surface area contributed by atoms with Crippen molar-refractivity contribution in [3.63, 3.8) is 0 Å². The van der Waals surface area contributed by atoms with Crippen LogP contribution in [-0.4, -0.2) is 106 Å². The number of fused-ring (bicyclic) bond motifs is 5. The van der Waals surface area contributed by atoms with Crippen molar-refractivity contribution in [3.05, 3.63) is 22.4 Å². The lowest BCUT2D eigenvalue weighted by atomic mass is 9.69. The van der Waals surface area contributed by atoms with Crippen LogP contribution in [0.15, 0.2) is 22.4 Å². The number of nitrogens with two attached hydrogens (primary N) is 1. The van der Waals surface area contributed by atoms with Crippen LogP contribution in [-0.2, 0) is 14.3 Å². The third-order valence-electron chi connectivity index (χ3n) is 8.23. The SMILES string of the molecule is CC1=C(N)C(=O)C2=C(C1=O)[C@H]1[C@@H]3[C@@H]4[C@@H](C[C@H]([C@@H](O)N3[C@@H]2CO)N4C)[C@@H]2OCCN21. The molecule has 6 aliphatic rings. The zero-order valence-corrected chi connectivity index (χ0v) is 16.5. The Morgan fingerprint density at radius 3 is 2.69 bits per heavy atom. The number of piperazine rings is 1. The van der Waals surface area contributed by atoms with Gasteiger partial charge in [-0.3, -0.25) is 24.3 Å². The fourth-order valence-electron chi connectivity index (χ4n) is 7.06. The number of aliphatic hydroxyl groups excluding tert-OH is 2. The number of Topliss-reactive ketones (excluding diaryl/α,β-unsaturated/α-hetero) is 2. The second-order valence-electron chi connectivity index (χ2n) is 9.14.